The molecule has 0 radical (unpaired) electrons. The highest BCUT2D eigenvalue weighted by atomic mass is 16.5. The van der Waals surface area contributed by atoms with Gasteiger partial charge >= 0.3 is 5.63 Å². The zero-order valence-electron chi connectivity index (χ0n) is 13.9. The van der Waals surface area contributed by atoms with E-state index in [1.54, 1.807) is 24.3 Å². The highest BCUT2D eigenvalue weighted by Gasteiger charge is 2.21. The van der Waals surface area contributed by atoms with Crippen LogP contribution in [0.15, 0.2) is 75.0 Å². The van der Waals surface area contributed by atoms with E-state index in [-0.39, 0.29) is 12.5 Å². The minimum absolute atomic E-state index is 0.131. The highest BCUT2D eigenvalue weighted by Crippen LogP contribution is 2.20. The van der Waals surface area contributed by atoms with Gasteiger partial charge in [-0.05, 0) is 23.8 Å². The molecule has 0 spiro atoms. The van der Waals surface area contributed by atoms with Crippen molar-refractivity contribution in [1.29, 1.82) is 0 Å². The SMILES string of the molecule is O=C(COc1ccc2ccc(=O)oc2c1)N1CCC(c2ccccc2)=N1. The van der Waals surface area contributed by atoms with Gasteiger partial charge in [-0.2, -0.15) is 5.10 Å². The second-order valence-corrected chi connectivity index (χ2v) is 5.92. The van der Waals surface area contributed by atoms with Crippen molar-refractivity contribution in [3.63, 3.8) is 0 Å². The Bertz CT molecular complexity index is 1040. The number of benzene rings is 2. The molecule has 1 aliphatic heterocycles. The maximum atomic E-state index is 12.3. The quantitative estimate of drug-likeness (QED) is 0.680. The summed E-state index contributed by atoms with van der Waals surface area (Å²) in [4.78, 5) is 23.6. The van der Waals surface area contributed by atoms with Crippen LogP contribution in [0.3, 0.4) is 0 Å². The molecule has 130 valence electrons. The van der Waals surface area contributed by atoms with E-state index in [0.29, 0.717) is 17.9 Å². The van der Waals surface area contributed by atoms with E-state index in [9.17, 15) is 9.59 Å². The van der Waals surface area contributed by atoms with Crippen molar-refractivity contribution in [1.82, 2.24) is 5.01 Å². The topological polar surface area (TPSA) is 72.1 Å². The van der Waals surface area contributed by atoms with Crippen LogP contribution in [0.4, 0.5) is 0 Å². The summed E-state index contributed by atoms with van der Waals surface area (Å²) in [6.45, 7) is 0.410. The average Bonchev–Trinajstić information content (AvgIpc) is 3.17. The number of hydrogen-bond donors (Lipinski definition) is 0. The van der Waals surface area contributed by atoms with Crippen molar-refractivity contribution < 1.29 is 13.9 Å². The second kappa shape index (κ2) is 6.84. The highest BCUT2D eigenvalue weighted by molar-refractivity contribution is 6.02. The Morgan fingerprint density at radius 3 is 2.77 bits per heavy atom. The summed E-state index contributed by atoms with van der Waals surface area (Å²) in [5, 5.41) is 6.62. The Hall–Kier alpha value is -3.41. The Morgan fingerprint density at radius 1 is 1.12 bits per heavy atom. The van der Waals surface area contributed by atoms with Gasteiger partial charge in [-0.1, -0.05) is 30.3 Å². The summed E-state index contributed by atoms with van der Waals surface area (Å²) >= 11 is 0. The van der Waals surface area contributed by atoms with Crippen LogP contribution in [0.2, 0.25) is 0 Å². The fourth-order valence-corrected chi connectivity index (χ4v) is 2.82. The van der Waals surface area contributed by atoms with Crippen LogP contribution < -0.4 is 10.4 Å². The van der Waals surface area contributed by atoms with Crippen LogP contribution in [0, 0.1) is 0 Å². The summed E-state index contributed by atoms with van der Waals surface area (Å²) in [7, 11) is 0. The smallest absolute Gasteiger partial charge is 0.336 e. The lowest BCUT2D eigenvalue weighted by Gasteiger charge is -2.12. The standard InChI is InChI=1S/C20H16N2O4/c23-19(22-11-10-17(21-22)14-4-2-1-3-5-14)13-25-16-8-6-15-7-9-20(24)26-18(15)12-16/h1-9,12H,10-11,13H2. The van der Waals surface area contributed by atoms with Gasteiger partial charge in [0.15, 0.2) is 6.61 Å². The molecule has 0 bridgehead atoms. The van der Waals surface area contributed by atoms with Gasteiger partial charge in [0, 0.05) is 23.9 Å². The van der Waals surface area contributed by atoms with Gasteiger partial charge in [0.2, 0.25) is 0 Å². The van der Waals surface area contributed by atoms with Gasteiger partial charge in [-0.25, -0.2) is 9.80 Å². The Balaban J connectivity index is 1.43. The van der Waals surface area contributed by atoms with E-state index in [2.05, 4.69) is 5.10 Å². The van der Waals surface area contributed by atoms with Crippen LogP contribution >= 0.6 is 0 Å². The van der Waals surface area contributed by atoms with Crippen LogP contribution in [-0.4, -0.2) is 29.8 Å². The summed E-state index contributed by atoms with van der Waals surface area (Å²) < 4.78 is 10.7. The fourth-order valence-electron chi connectivity index (χ4n) is 2.82. The molecule has 0 saturated carbocycles. The normalized spacial score (nSPS) is 13.7. The number of nitrogens with zero attached hydrogens (tertiary/aromatic N) is 2. The average molecular weight is 348 g/mol. The molecule has 0 N–H and O–H groups in total. The zero-order chi connectivity index (χ0) is 17.9. The number of amides is 1. The predicted octanol–water partition coefficient (Wildman–Crippen LogP) is 2.81. The Morgan fingerprint density at radius 2 is 1.92 bits per heavy atom. The van der Waals surface area contributed by atoms with Gasteiger partial charge < -0.3 is 9.15 Å². The van der Waals surface area contributed by atoms with Crippen molar-refractivity contribution in [3.8, 4) is 5.75 Å². The molecule has 0 aliphatic carbocycles. The van der Waals surface area contributed by atoms with Crippen LogP contribution in [-0.2, 0) is 4.79 Å². The summed E-state index contributed by atoms with van der Waals surface area (Å²) in [6.07, 6.45) is 0.719. The molecule has 6 nitrogen and oxygen atoms in total. The van der Waals surface area contributed by atoms with Gasteiger partial charge in [-0.3, -0.25) is 4.79 Å². The number of ether oxygens (including phenoxy) is 1. The van der Waals surface area contributed by atoms with Crippen molar-refractivity contribution in [2.75, 3.05) is 13.2 Å². The third kappa shape index (κ3) is 3.35. The van der Waals surface area contributed by atoms with Crippen molar-refractivity contribution in [3.05, 3.63) is 76.6 Å². The molecule has 1 amide bonds. The van der Waals surface area contributed by atoms with Crippen molar-refractivity contribution in [2.45, 2.75) is 6.42 Å². The van der Waals surface area contributed by atoms with Gasteiger partial charge in [0.1, 0.15) is 11.3 Å². The maximum Gasteiger partial charge on any atom is 0.336 e. The largest absolute Gasteiger partial charge is 0.484 e. The summed E-state index contributed by atoms with van der Waals surface area (Å²) in [6, 6.07) is 18.0. The first-order valence-corrected chi connectivity index (χ1v) is 8.29. The minimum atomic E-state index is -0.425. The van der Waals surface area contributed by atoms with E-state index in [1.807, 2.05) is 30.3 Å². The lowest BCUT2D eigenvalue weighted by atomic mass is 10.1. The molecule has 4 rings (SSSR count). The fraction of sp³-hybridized carbons (Fsp3) is 0.150. The first-order chi connectivity index (χ1) is 12.7. The maximum absolute atomic E-state index is 12.3. The van der Waals surface area contributed by atoms with E-state index in [4.69, 9.17) is 9.15 Å². The summed E-state index contributed by atoms with van der Waals surface area (Å²) in [5.74, 6) is 0.247. The van der Waals surface area contributed by atoms with Gasteiger partial charge in [0.05, 0.1) is 12.3 Å². The Labute approximate surface area is 149 Å². The molecule has 2 heterocycles. The molecule has 1 aromatic heterocycles. The molecule has 26 heavy (non-hydrogen) atoms. The molecule has 0 saturated heterocycles. The monoisotopic (exact) mass is 348 g/mol. The van der Waals surface area contributed by atoms with Crippen LogP contribution in [0.5, 0.6) is 5.75 Å². The first-order valence-electron chi connectivity index (χ1n) is 8.29. The number of carbonyl (C=O) groups excluding carboxylic acids is 1. The molecular formula is C20H16N2O4. The molecule has 1 aliphatic rings. The molecule has 0 unspecified atom stereocenters. The Kier molecular flexibility index (Phi) is 4.23. The lowest BCUT2D eigenvalue weighted by Crippen LogP contribution is -2.28. The van der Waals surface area contributed by atoms with Gasteiger partial charge in [-0.15, -0.1) is 0 Å². The van der Waals surface area contributed by atoms with E-state index in [1.165, 1.54) is 11.1 Å². The molecule has 3 aromatic rings. The van der Waals surface area contributed by atoms with Crippen LogP contribution in [0.1, 0.15) is 12.0 Å². The lowest BCUT2D eigenvalue weighted by molar-refractivity contribution is -0.132. The molecule has 0 fully saturated rings. The van der Waals surface area contributed by atoms with E-state index in [0.717, 1.165) is 23.1 Å². The minimum Gasteiger partial charge on any atom is -0.484 e. The number of hydrazone groups is 1. The van der Waals surface area contributed by atoms with Crippen LogP contribution in [0.25, 0.3) is 11.0 Å². The third-order valence-electron chi connectivity index (χ3n) is 4.15. The zero-order valence-corrected chi connectivity index (χ0v) is 13.9. The third-order valence-corrected chi connectivity index (χ3v) is 4.15. The molecule has 2 aromatic carbocycles. The van der Waals surface area contributed by atoms with Crippen molar-refractivity contribution >= 4 is 22.6 Å². The number of rotatable bonds is 4. The number of carbonyl (C=O) groups is 1. The molecule has 0 atom stereocenters. The van der Waals surface area contributed by atoms with E-state index < -0.39 is 5.63 Å². The summed E-state index contributed by atoms with van der Waals surface area (Å²) in [5.41, 5.74) is 1.92. The first kappa shape index (κ1) is 16.1. The molecular weight excluding hydrogens is 332 g/mol. The van der Waals surface area contributed by atoms with E-state index >= 15 is 0 Å². The second-order valence-electron chi connectivity index (χ2n) is 5.92. The van der Waals surface area contributed by atoms with Gasteiger partial charge in [0.25, 0.3) is 5.91 Å². The number of fused-ring (bicyclic) bond motifs is 1. The number of hydrogen-bond acceptors (Lipinski definition) is 5. The predicted molar refractivity (Wildman–Crippen MR) is 97.3 cm³/mol. The van der Waals surface area contributed by atoms with Crippen molar-refractivity contribution in [2.24, 2.45) is 5.10 Å². The molecule has 6 heteroatoms.